The van der Waals surface area contributed by atoms with Gasteiger partial charge in [0, 0.05) is 23.7 Å². The summed E-state index contributed by atoms with van der Waals surface area (Å²) in [7, 11) is 1.59. The molecule has 0 unspecified atom stereocenters. The van der Waals surface area contributed by atoms with Crippen LogP contribution in [0, 0.1) is 13.8 Å². The highest BCUT2D eigenvalue weighted by Crippen LogP contribution is 2.25. The second-order valence-corrected chi connectivity index (χ2v) is 7.13. The van der Waals surface area contributed by atoms with Crippen molar-refractivity contribution in [2.75, 3.05) is 20.3 Å². The van der Waals surface area contributed by atoms with Crippen LogP contribution in [0.5, 0.6) is 0 Å². The van der Waals surface area contributed by atoms with Gasteiger partial charge in [-0.15, -0.1) is 5.10 Å². The largest absolute Gasteiger partial charge is 0.383 e. The summed E-state index contributed by atoms with van der Waals surface area (Å²) in [6, 6.07) is 13.9. The molecule has 1 aromatic heterocycles. The third-order valence-electron chi connectivity index (χ3n) is 4.10. The predicted octanol–water partition coefficient (Wildman–Crippen LogP) is 3.69. The van der Waals surface area contributed by atoms with Crippen LogP contribution in [0.2, 0.25) is 0 Å². The number of rotatable bonds is 6. The second-order valence-electron chi connectivity index (χ2n) is 6.22. The van der Waals surface area contributed by atoms with Gasteiger partial charge in [0.2, 0.25) is 5.82 Å². The number of methoxy groups -OCH3 is 1. The predicted molar refractivity (Wildman–Crippen MR) is 108 cm³/mol. The molecular formula is C20H21BrN4O2. The molecule has 140 valence electrons. The molecule has 0 fully saturated rings. The van der Waals surface area contributed by atoms with Gasteiger partial charge in [0.15, 0.2) is 5.82 Å². The molecule has 3 rings (SSSR count). The first-order valence-corrected chi connectivity index (χ1v) is 9.36. The summed E-state index contributed by atoms with van der Waals surface area (Å²) in [4.78, 5) is 17.0. The zero-order chi connectivity index (χ0) is 19.4. The highest BCUT2D eigenvalue weighted by Gasteiger charge is 2.19. The molecule has 3 aromatic rings. The molecular weight excluding hydrogens is 408 g/mol. The minimum Gasteiger partial charge on any atom is -0.383 e. The number of nitrogens with zero attached hydrogens (tertiary/aromatic N) is 3. The molecule has 0 bridgehead atoms. The molecule has 6 nitrogen and oxygen atoms in total. The second kappa shape index (κ2) is 8.45. The maximum Gasteiger partial charge on any atom is 0.291 e. The van der Waals surface area contributed by atoms with Crippen LogP contribution in [0.15, 0.2) is 46.9 Å². The van der Waals surface area contributed by atoms with Crippen molar-refractivity contribution < 1.29 is 9.53 Å². The van der Waals surface area contributed by atoms with Crippen LogP contribution in [-0.2, 0) is 4.74 Å². The van der Waals surface area contributed by atoms with E-state index in [2.05, 4.69) is 31.3 Å². The maximum atomic E-state index is 12.4. The van der Waals surface area contributed by atoms with Crippen molar-refractivity contribution in [2.45, 2.75) is 13.8 Å². The van der Waals surface area contributed by atoms with Gasteiger partial charge in [-0.05, 0) is 43.2 Å². The highest BCUT2D eigenvalue weighted by molar-refractivity contribution is 9.10. The summed E-state index contributed by atoms with van der Waals surface area (Å²) < 4.78 is 7.68. The average Bonchev–Trinajstić information content (AvgIpc) is 3.09. The van der Waals surface area contributed by atoms with E-state index in [1.807, 2.05) is 56.3 Å². The average molecular weight is 429 g/mol. The molecule has 0 saturated heterocycles. The monoisotopic (exact) mass is 428 g/mol. The Labute approximate surface area is 166 Å². The van der Waals surface area contributed by atoms with Gasteiger partial charge in [-0.2, -0.15) is 0 Å². The van der Waals surface area contributed by atoms with E-state index >= 15 is 0 Å². The van der Waals surface area contributed by atoms with Crippen molar-refractivity contribution in [3.63, 3.8) is 0 Å². The Morgan fingerprint density at radius 2 is 1.93 bits per heavy atom. The Balaban J connectivity index is 2.08. The molecule has 2 aromatic carbocycles. The van der Waals surface area contributed by atoms with E-state index < -0.39 is 0 Å². The SMILES string of the molecule is COCCNC(=O)c1nc(-c2ccc(Br)cc2)n(-c2cc(C)ccc2C)n1. The molecule has 1 N–H and O–H groups in total. The number of aryl methyl sites for hydroxylation is 2. The number of hydrogen-bond donors (Lipinski definition) is 1. The first-order chi connectivity index (χ1) is 13.0. The zero-order valence-electron chi connectivity index (χ0n) is 15.5. The number of ether oxygens (including phenoxy) is 1. The molecule has 27 heavy (non-hydrogen) atoms. The molecule has 1 heterocycles. The van der Waals surface area contributed by atoms with Crippen molar-refractivity contribution in [3.8, 4) is 17.1 Å². The standard InChI is InChI=1S/C20H21BrN4O2/c1-13-4-5-14(2)17(12-13)25-19(15-6-8-16(21)9-7-15)23-18(24-25)20(26)22-10-11-27-3/h4-9,12H,10-11H2,1-3H3,(H,22,26). The summed E-state index contributed by atoms with van der Waals surface area (Å²) in [5, 5.41) is 7.27. The van der Waals surface area contributed by atoms with E-state index in [9.17, 15) is 4.79 Å². The Kier molecular flexibility index (Phi) is 6.03. The summed E-state index contributed by atoms with van der Waals surface area (Å²) in [5.41, 5.74) is 3.94. The number of benzene rings is 2. The molecule has 0 saturated carbocycles. The third kappa shape index (κ3) is 4.43. The normalized spacial score (nSPS) is 10.8. The fourth-order valence-electron chi connectivity index (χ4n) is 2.66. The fraction of sp³-hybridized carbons (Fsp3) is 0.250. The van der Waals surface area contributed by atoms with E-state index in [4.69, 9.17) is 4.74 Å². The van der Waals surface area contributed by atoms with E-state index in [1.54, 1.807) is 11.8 Å². The van der Waals surface area contributed by atoms with Crippen molar-refractivity contribution in [1.82, 2.24) is 20.1 Å². The minimum absolute atomic E-state index is 0.130. The van der Waals surface area contributed by atoms with Crippen molar-refractivity contribution in [1.29, 1.82) is 0 Å². The number of carbonyl (C=O) groups excluding carboxylic acids is 1. The lowest BCUT2D eigenvalue weighted by atomic mass is 10.1. The number of halogens is 1. The summed E-state index contributed by atoms with van der Waals surface area (Å²) in [6.07, 6.45) is 0. The van der Waals surface area contributed by atoms with Crippen LogP contribution in [0.3, 0.4) is 0 Å². The van der Waals surface area contributed by atoms with Gasteiger partial charge >= 0.3 is 0 Å². The highest BCUT2D eigenvalue weighted by atomic mass is 79.9. The van der Waals surface area contributed by atoms with Crippen LogP contribution < -0.4 is 5.32 Å². The number of aromatic nitrogens is 3. The lowest BCUT2D eigenvalue weighted by molar-refractivity contribution is 0.0927. The van der Waals surface area contributed by atoms with E-state index in [-0.39, 0.29) is 11.7 Å². The molecule has 0 aliphatic rings. The summed E-state index contributed by atoms with van der Waals surface area (Å²) >= 11 is 3.45. The van der Waals surface area contributed by atoms with Gasteiger partial charge in [-0.1, -0.05) is 40.2 Å². The van der Waals surface area contributed by atoms with Gasteiger partial charge in [0.25, 0.3) is 5.91 Å². The molecule has 7 heteroatoms. The van der Waals surface area contributed by atoms with E-state index in [0.29, 0.717) is 19.0 Å². The first kappa shape index (κ1) is 19.3. The molecule has 0 aliphatic carbocycles. The molecule has 0 radical (unpaired) electrons. The van der Waals surface area contributed by atoms with Crippen LogP contribution in [0.4, 0.5) is 0 Å². The lowest BCUT2D eigenvalue weighted by Gasteiger charge is -2.10. The van der Waals surface area contributed by atoms with Gasteiger partial charge in [-0.25, -0.2) is 9.67 Å². The quantitative estimate of drug-likeness (QED) is 0.607. The maximum absolute atomic E-state index is 12.4. The van der Waals surface area contributed by atoms with Crippen LogP contribution in [0.1, 0.15) is 21.7 Å². The number of hydrogen-bond acceptors (Lipinski definition) is 4. The molecule has 0 aliphatic heterocycles. The zero-order valence-corrected chi connectivity index (χ0v) is 17.1. The molecule has 0 spiro atoms. The van der Waals surface area contributed by atoms with Crippen LogP contribution in [-0.4, -0.2) is 40.9 Å². The van der Waals surface area contributed by atoms with Crippen LogP contribution >= 0.6 is 15.9 Å². The van der Waals surface area contributed by atoms with Gasteiger partial charge in [0.1, 0.15) is 0 Å². The minimum atomic E-state index is -0.325. The topological polar surface area (TPSA) is 69.0 Å². The van der Waals surface area contributed by atoms with E-state index in [1.165, 1.54) is 0 Å². The Morgan fingerprint density at radius 3 is 2.63 bits per heavy atom. The first-order valence-electron chi connectivity index (χ1n) is 8.57. The lowest BCUT2D eigenvalue weighted by Crippen LogP contribution is -2.28. The number of nitrogens with one attached hydrogen (secondary N) is 1. The Bertz CT molecular complexity index is 951. The Hall–Kier alpha value is -2.51. The van der Waals surface area contributed by atoms with E-state index in [0.717, 1.165) is 26.9 Å². The number of amides is 1. The van der Waals surface area contributed by atoms with Crippen molar-refractivity contribution >= 4 is 21.8 Å². The molecule has 1 amide bonds. The Morgan fingerprint density at radius 1 is 1.19 bits per heavy atom. The van der Waals surface area contributed by atoms with Crippen molar-refractivity contribution in [2.24, 2.45) is 0 Å². The molecule has 0 atom stereocenters. The van der Waals surface area contributed by atoms with Crippen LogP contribution in [0.25, 0.3) is 17.1 Å². The summed E-state index contributed by atoms with van der Waals surface area (Å²) in [6.45, 7) is 4.88. The van der Waals surface area contributed by atoms with Gasteiger partial charge in [0.05, 0.1) is 12.3 Å². The van der Waals surface area contributed by atoms with Gasteiger partial charge in [-0.3, -0.25) is 4.79 Å². The third-order valence-corrected chi connectivity index (χ3v) is 4.63. The smallest absolute Gasteiger partial charge is 0.291 e. The van der Waals surface area contributed by atoms with Crippen molar-refractivity contribution in [3.05, 3.63) is 63.9 Å². The fourth-order valence-corrected chi connectivity index (χ4v) is 2.92. The van der Waals surface area contributed by atoms with Gasteiger partial charge < -0.3 is 10.1 Å². The number of carbonyl (C=O) groups is 1. The summed E-state index contributed by atoms with van der Waals surface area (Å²) in [5.74, 6) is 0.424.